The van der Waals surface area contributed by atoms with Crippen molar-refractivity contribution in [2.75, 3.05) is 13.2 Å². The molecular formula is C18H24N2O3. The highest BCUT2D eigenvalue weighted by molar-refractivity contribution is 5.93. The lowest BCUT2D eigenvalue weighted by Crippen LogP contribution is -2.48. The van der Waals surface area contributed by atoms with Crippen LogP contribution in [-0.2, 0) is 9.59 Å². The van der Waals surface area contributed by atoms with E-state index in [1.165, 1.54) is 6.08 Å². The maximum Gasteiger partial charge on any atom is 0.246 e. The van der Waals surface area contributed by atoms with E-state index in [9.17, 15) is 9.59 Å². The molecule has 1 aromatic carbocycles. The summed E-state index contributed by atoms with van der Waals surface area (Å²) in [4.78, 5) is 25.6. The molecule has 0 radical (unpaired) electrons. The molecule has 2 rings (SSSR count). The number of amides is 2. The fourth-order valence-corrected chi connectivity index (χ4v) is 2.81. The van der Waals surface area contributed by atoms with Crippen molar-refractivity contribution >= 4 is 17.9 Å². The monoisotopic (exact) mass is 316 g/mol. The maximum atomic E-state index is 12.5. The fourth-order valence-electron chi connectivity index (χ4n) is 2.81. The molecule has 2 N–H and O–H groups in total. The first-order chi connectivity index (χ1) is 11.0. The Morgan fingerprint density at radius 3 is 2.78 bits per heavy atom. The molecule has 0 spiro atoms. The van der Waals surface area contributed by atoms with E-state index in [2.05, 4.69) is 0 Å². The van der Waals surface area contributed by atoms with Crippen LogP contribution >= 0.6 is 0 Å². The van der Waals surface area contributed by atoms with Crippen molar-refractivity contribution in [3.63, 3.8) is 0 Å². The molecule has 124 valence electrons. The molecule has 1 saturated heterocycles. The number of rotatable bonds is 5. The lowest BCUT2D eigenvalue weighted by Gasteiger charge is -2.36. The van der Waals surface area contributed by atoms with Crippen molar-refractivity contribution in [1.29, 1.82) is 0 Å². The van der Waals surface area contributed by atoms with Gasteiger partial charge in [0.15, 0.2) is 0 Å². The number of para-hydroxylation sites is 1. The predicted molar refractivity (Wildman–Crippen MR) is 89.7 cm³/mol. The molecule has 5 heteroatoms. The molecule has 0 aliphatic carbocycles. The number of primary amides is 1. The van der Waals surface area contributed by atoms with Crippen molar-refractivity contribution in [3.05, 3.63) is 35.9 Å². The largest absolute Gasteiger partial charge is 0.493 e. The van der Waals surface area contributed by atoms with Crippen LogP contribution in [-0.4, -0.2) is 35.9 Å². The van der Waals surface area contributed by atoms with E-state index < -0.39 is 0 Å². The summed E-state index contributed by atoms with van der Waals surface area (Å²) in [5.74, 6) is 0.0649. The number of carbonyl (C=O) groups excluding carboxylic acids is 2. The normalized spacial score (nSPS) is 21.4. The average Bonchev–Trinajstić information content (AvgIpc) is 2.54. The van der Waals surface area contributed by atoms with Crippen molar-refractivity contribution in [1.82, 2.24) is 4.90 Å². The van der Waals surface area contributed by atoms with Gasteiger partial charge in [0.05, 0.1) is 12.5 Å². The van der Waals surface area contributed by atoms with Gasteiger partial charge in [-0.2, -0.15) is 0 Å². The van der Waals surface area contributed by atoms with Crippen molar-refractivity contribution < 1.29 is 14.3 Å². The summed E-state index contributed by atoms with van der Waals surface area (Å²) in [5, 5.41) is 0. The summed E-state index contributed by atoms with van der Waals surface area (Å²) in [6.07, 6.45) is 4.84. The van der Waals surface area contributed by atoms with Crippen LogP contribution in [0.3, 0.4) is 0 Å². The number of nitrogens with zero attached hydrogens (tertiary/aromatic N) is 1. The second kappa shape index (κ2) is 7.81. The van der Waals surface area contributed by atoms with Crippen molar-refractivity contribution in [3.8, 4) is 5.75 Å². The van der Waals surface area contributed by atoms with Crippen LogP contribution in [0, 0.1) is 5.92 Å². The Morgan fingerprint density at radius 1 is 1.35 bits per heavy atom. The van der Waals surface area contributed by atoms with Crippen LogP contribution in [0.25, 0.3) is 6.08 Å². The maximum absolute atomic E-state index is 12.5. The smallest absolute Gasteiger partial charge is 0.246 e. The van der Waals surface area contributed by atoms with Crippen molar-refractivity contribution in [2.24, 2.45) is 11.7 Å². The Bertz CT molecular complexity index is 598. The third-order valence-electron chi connectivity index (χ3n) is 4.19. The molecule has 0 aromatic heterocycles. The summed E-state index contributed by atoms with van der Waals surface area (Å²) in [6, 6.07) is 7.69. The number of likely N-dealkylation sites (tertiary alicyclic amines) is 1. The molecule has 0 unspecified atom stereocenters. The molecule has 1 heterocycles. The van der Waals surface area contributed by atoms with E-state index in [1.54, 1.807) is 11.0 Å². The van der Waals surface area contributed by atoms with E-state index in [-0.39, 0.29) is 23.8 Å². The third kappa shape index (κ3) is 4.34. The highest BCUT2D eigenvalue weighted by Crippen LogP contribution is 2.23. The van der Waals surface area contributed by atoms with E-state index in [0.29, 0.717) is 13.2 Å². The Kier molecular flexibility index (Phi) is 5.79. The summed E-state index contributed by atoms with van der Waals surface area (Å²) in [7, 11) is 0. The second-order valence-electron chi connectivity index (χ2n) is 5.82. The molecule has 2 amide bonds. The van der Waals surface area contributed by atoms with Gasteiger partial charge >= 0.3 is 0 Å². The molecule has 0 bridgehead atoms. The fraction of sp³-hybridized carbons (Fsp3) is 0.444. The number of carbonyl (C=O) groups is 2. The van der Waals surface area contributed by atoms with Gasteiger partial charge in [0.1, 0.15) is 5.75 Å². The van der Waals surface area contributed by atoms with Gasteiger partial charge in [0.2, 0.25) is 11.8 Å². The zero-order valence-corrected chi connectivity index (χ0v) is 13.7. The molecule has 1 aliphatic rings. The third-order valence-corrected chi connectivity index (χ3v) is 4.19. The molecular weight excluding hydrogens is 292 g/mol. The lowest BCUT2D eigenvalue weighted by molar-refractivity contribution is -0.133. The van der Waals surface area contributed by atoms with Crippen LogP contribution in [0.1, 0.15) is 32.3 Å². The first-order valence-electron chi connectivity index (χ1n) is 8.02. The van der Waals surface area contributed by atoms with Gasteiger partial charge in [-0.25, -0.2) is 0 Å². The molecule has 1 fully saturated rings. The average molecular weight is 316 g/mol. The number of nitrogens with two attached hydrogens (primary N) is 1. The highest BCUT2D eigenvalue weighted by atomic mass is 16.5. The topological polar surface area (TPSA) is 72.6 Å². The van der Waals surface area contributed by atoms with Gasteiger partial charge in [-0.15, -0.1) is 0 Å². The minimum atomic E-state index is -0.333. The van der Waals surface area contributed by atoms with Gasteiger partial charge in [0.25, 0.3) is 0 Å². The lowest BCUT2D eigenvalue weighted by atomic mass is 9.93. The van der Waals surface area contributed by atoms with Crippen LogP contribution in [0.15, 0.2) is 30.3 Å². The van der Waals surface area contributed by atoms with Crippen molar-refractivity contribution in [2.45, 2.75) is 32.7 Å². The molecule has 2 atom stereocenters. The van der Waals surface area contributed by atoms with Crippen LogP contribution in [0.5, 0.6) is 5.75 Å². The number of ether oxygens (including phenoxy) is 1. The van der Waals surface area contributed by atoms with Gasteiger partial charge in [-0.1, -0.05) is 18.2 Å². The summed E-state index contributed by atoms with van der Waals surface area (Å²) < 4.78 is 5.55. The molecule has 1 aliphatic heterocycles. The Balaban J connectivity index is 2.10. The van der Waals surface area contributed by atoms with E-state index >= 15 is 0 Å². The van der Waals surface area contributed by atoms with Crippen LogP contribution < -0.4 is 10.5 Å². The first-order valence-corrected chi connectivity index (χ1v) is 8.02. The number of benzene rings is 1. The zero-order chi connectivity index (χ0) is 16.8. The van der Waals surface area contributed by atoms with Gasteiger partial charge in [-0.05, 0) is 38.8 Å². The second-order valence-corrected chi connectivity index (χ2v) is 5.82. The van der Waals surface area contributed by atoms with Crippen LogP contribution in [0.4, 0.5) is 0 Å². The van der Waals surface area contributed by atoms with E-state index in [0.717, 1.165) is 24.2 Å². The first kappa shape index (κ1) is 17.1. The molecule has 0 saturated carbocycles. The SMILES string of the molecule is CCOc1ccccc1/C=C\C(=O)N1C[C@H](C(N)=O)CC[C@@H]1C. The Hall–Kier alpha value is -2.30. The minimum Gasteiger partial charge on any atom is -0.493 e. The number of piperidine rings is 1. The Labute approximate surface area is 137 Å². The Morgan fingerprint density at radius 2 is 2.09 bits per heavy atom. The standard InChI is InChI=1S/C18H24N2O3/c1-3-23-16-7-5-4-6-14(16)10-11-17(21)20-12-15(18(19)22)9-8-13(20)2/h4-7,10-11,13,15H,3,8-9,12H2,1-2H3,(H2,19,22)/b11-10-/t13-,15+/m0/s1. The summed E-state index contributed by atoms with van der Waals surface area (Å²) in [5.41, 5.74) is 6.24. The summed E-state index contributed by atoms with van der Waals surface area (Å²) >= 11 is 0. The predicted octanol–water partition coefficient (Wildman–Crippen LogP) is 2.21. The van der Waals surface area contributed by atoms with Gasteiger partial charge in [0, 0.05) is 24.2 Å². The van der Waals surface area contributed by atoms with Gasteiger partial charge < -0.3 is 15.4 Å². The quantitative estimate of drug-likeness (QED) is 0.847. The molecule has 5 nitrogen and oxygen atoms in total. The summed E-state index contributed by atoms with van der Waals surface area (Å²) in [6.45, 7) is 4.89. The molecule has 1 aromatic rings. The van der Waals surface area contributed by atoms with Gasteiger partial charge in [-0.3, -0.25) is 9.59 Å². The molecule has 23 heavy (non-hydrogen) atoms. The van der Waals surface area contributed by atoms with E-state index in [1.807, 2.05) is 38.1 Å². The highest BCUT2D eigenvalue weighted by Gasteiger charge is 2.30. The zero-order valence-electron chi connectivity index (χ0n) is 13.7. The number of hydrogen-bond donors (Lipinski definition) is 1. The number of hydrogen-bond acceptors (Lipinski definition) is 3. The van der Waals surface area contributed by atoms with Crippen LogP contribution in [0.2, 0.25) is 0 Å². The minimum absolute atomic E-state index is 0.102. The van der Waals surface area contributed by atoms with E-state index in [4.69, 9.17) is 10.5 Å².